The smallest absolute Gasteiger partial charge is 0.178 e. The summed E-state index contributed by atoms with van der Waals surface area (Å²) in [5.74, 6) is 0. The largest absolute Gasteiger partial charge is 0.471 e. The Hall–Kier alpha value is -0.770. The van der Waals surface area contributed by atoms with E-state index in [1.54, 1.807) is 0 Å². The van der Waals surface area contributed by atoms with Crippen molar-refractivity contribution in [2.45, 2.75) is 4.90 Å². The topological polar surface area (TPSA) is 47.3 Å². The van der Waals surface area contributed by atoms with Crippen LogP contribution in [0.1, 0.15) is 5.56 Å². The third-order valence-electron chi connectivity index (χ3n) is 1.10. The number of furan rings is 1. The molecule has 0 saturated heterocycles. The van der Waals surface area contributed by atoms with Crippen molar-refractivity contribution in [1.82, 2.24) is 0 Å². The predicted octanol–water partition coefficient (Wildman–Crippen LogP) is 0.865. The molecule has 1 aromatic heterocycles. The Bertz CT molecular complexity index is 321. The Kier molecular flexibility index (Phi) is 1.56. The summed E-state index contributed by atoms with van der Waals surface area (Å²) in [5, 5.41) is 0. The second kappa shape index (κ2) is 2.12. The molecule has 0 fully saturated rings. The van der Waals surface area contributed by atoms with Crippen molar-refractivity contribution in [1.29, 1.82) is 0 Å². The summed E-state index contributed by atoms with van der Waals surface area (Å²) in [6.07, 6.45) is 3.60. The van der Waals surface area contributed by atoms with Crippen LogP contribution in [0.15, 0.2) is 21.8 Å². The molecular weight excluding hydrogens is 152 g/mol. The molecular formula is C6H7O3S. The third kappa shape index (κ3) is 1.21. The average Bonchev–Trinajstić information content (AvgIpc) is 2.11. The standard InChI is InChI=1S/C6H7O3S/c1-5-3-9-4-6(5)10(2,7)8/h3-4H,1H2,2H3. The van der Waals surface area contributed by atoms with Crippen LogP contribution in [-0.2, 0) is 9.84 Å². The van der Waals surface area contributed by atoms with Gasteiger partial charge in [0.05, 0.1) is 6.26 Å². The van der Waals surface area contributed by atoms with Gasteiger partial charge in [-0.2, -0.15) is 0 Å². The monoisotopic (exact) mass is 159 g/mol. The molecule has 55 valence electrons. The van der Waals surface area contributed by atoms with E-state index in [-0.39, 0.29) is 4.90 Å². The van der Waals surface area contributed by atoms with Crippen LogP contribution < -0.4 is 0 Å². The SMILES string of the molecule is [CH2]c1cocc1S(C)(=O)=O. The lowest BCUT2D eigenvalue weighted by atomic mass is 10.4. The molecule has 0 aliphatic rings. The molecule has 1 aromatic rings. The van der Waals surface area contributed by atoms with E-state index in [1.807, 2.05) is 0 Å². The van der Waals surface area contributed by atoms with E-state index >= 15 is 0 Å². The quantitative estimate of drug-likeness (QED) is 0.610. The van der Waals surface area contributed by atoms with Gasteiger partial charge in [0.25, 0.3) is 0 Å². The van der Waals surface area contributed by atoms with Crippen LogP contribution >= 0.6 is 0 Å². The van der Waals surface area contributed by atoms with Gasteiger partial charge in [0.15, 0.2) is 9.84 Å². The van der Waals surface area contributed by atoms with E-state index in [4.69, 9.17) is 0 Å². The zero-order valence-electron chi connectivity index (χ0n) is 5.49. The van der Waals surface area contributed by atoms with Gasteiger partial charge in [0.1, 0.15) is 11.2 Å². The van der Waals surface area contributed by atoms with Crippen molar-refractivity contribution in [2.24, 2.45) is 0 Å². The van der Waals surface area contributed by atoms with Crippen molar-refractivity contribution in [2.75, 3.05) is 6.26 Å². The van der Waals surface area contributed by atoms with E-state index in [2.05, 4.69) is 11.3 Å². The van der Waals surface area contributed by atoms with Gasteiger partial charge >= 0.3 is 0 Å². The highest BCUT2D eigenvalue weighted by molar-refractivity contribution is 7.90. The average molecular weight is 159 g/mol. The second-order valence-corrected chi connectivity index (χ2v) is 4.02. The molecule has 1 radical (unpaired) electrons. The van der Waals surface area contributed by atoms with Crippen molar-refractivity contribution >= 4 is 9.84 Å². The minimum atomic E-state index is -3.15. The number of hydrogen-bond acceptors (Lipinski definition) is 3. The highest BCUT2D eigenvalue weighted by Gasteiger charge is 2.11. The van der Waals surface area contributed by atoms with Gasteiger partial charge in [0, 0.05) is 11.8 Å². The molecule has 4 heteroatoms. The predicted molar refractivity (Wildman–Crippen MR) is 36.3 cm³/mol. The zero-order chi connectivity index (χ0) is 7.78. The Balaban J connectivity index is 3.32. The van der Waals surface area contributed by atoms with Gasteiger partial charge < -0.3 is 4.42 Å². The van der Waals surface area contributed by atoms with Crippen LogP contribution in [0, 0.1) is 6.92 Å². The Morgan fingerprint density at radius 3 is 2.30 bits per heavy atom. The summed E-state index contributed by atoms with van der Waals surface area (Å²) in [5.41, 5.74) is 0.405. The van der Waals surface area contributed by atoms with Crippen molar-refractivity contribution in [3.63, 3.8) is 0 Å². The van der Waals surface area contributed by atoms with Gasteiger partial charge in [-0.05, 0) is 6.92 Å². The summed E-state index contributed by atoms with van der Waals surface area (Å²) in [4.78, 5) is 0.160. The van der Waals surface area contributed by atoms with E-state index in [0.29, 0.717) is 5.56 Å². The first-order valence-corrected chi connectivity index (χ1v) is 4.49. The molecule has 0 amide bonds. The van der Waals surface area contributed by atoms with E-state index < -0.39 is 9.84 Å². The Labute approximate surface area is 59.6 Å². The first-order chi connectivity index (χ1) is 4.52. The van der Waals surface area contributed by atoms with Crippen LogP contribution in [0.4, 0.5) is 0 Å². The first kappa shape index (κ1) is 7.34. The molecule has 0 N–H and O–H groups in total. The van der Waals surface area contributed by atoms with Gasteiger partial charge in [-0.25, -0.2) is 8.42 Å². The lowest BCUT2D eigenvalue weighted by Gasteiger charge is -1.90. The van der Waals surface area contributed by atoms with Crippen LogP contribution in [0.5, 0.6) is 0 Å². The summed E-state index contributed by atoms with van der Waals surface area (Å²) in [6, 6.07) is 0. The van der Waals surface area contributed by atoms with Crippen LogP contribution in [0.3, 0.4) is 0 Å². The van der Waals surface area contributed by atoms with Crippen LogP contribution in [0.25, 0.3) is 0 Å². The molecule has 0 unspecified atom stereocenters. The normalized spacial score (nSPS) is 11.8. The third-order valence-corrected chi connectivity index (χ3v) is 2.26. The lowest BCUT2D eigenvalue weighted by Crippen LogP contribution is -1.96. The second-order valence-electron chi connectivity index (χ2n) is 2.03. The molecule has 0 bridgehead atoms. The number of sulfone groups is 1. The van der Waals surface area contributed by atoms with E-state index in [0.717, 1.165) is 6.26 Å². The molecule has 0 saturated carbocycles. The molecule has 0 aromatic carbocycles. The van der Waals surface area contributed by atoms with E-state index in [9.17, 15) is 8.42 Å². The fraction of sp³-hybridized carbons (Fsp3) is 0.167. The Morgan fingerprint density at radius 1 is 1.50 bits per heavy atom. The molecule has 0 aliphatic heterocycles. The van der Waals surface area contributed by atoms with E-state index in [1.165, 1.54) is 12.5 Å². The van der Waals surface area contributed by atoms with Crippen molar-refractivity contribution < 1.29 is 12.8 Å². The minimum Gasteiger partial charge on any atom is -0.471 e. The van der Waals surface area contributed by atoms with Crippen LogP contribution in [0.2, 0.25) is 0 Å². The zero-order valence-corrected chi connectivity index (χ0v) is 6.31. The number of hydrogen-bond donors (Lipinski definition) is 0. The minimum absolute atomic E-state index is 0.160. The summed E-state index contributed by atoms with van der Waals surface area (Å²) in [6.45, 7) is 3.47. The fourth-order valence-electron chi connectivity index (χ4n) is 0.637. The van der Waals surface area contributed by atoms with Gasteiger partial charge in [-0.3, -0.25) is 0 Å². The maximum atomic E-state index is 10.8. The fourth-order valence-corrected chi connectivity index (χ4v) is 1.39. The maximum Gasteiger partial charge on any atom is 0.178 e. The Morgan fingerprint density at radius 2 is 2.10 bits per heavy atom. The van der Waals surface area contributed by atoms with Gasteiger partial charge in [-0.15, -0.1) is 0 Å². The highest BCUT2D eigenvalue weighted by Crippen LogP contribution is 2.14. The molecule has 3 nitrogen and oxygen atoms in total. The molecule has 0 aliphatic carbocycles. The van der Waals surface area contributed by atoms with Crippen molar-refractivity contribution in [3.8, 4) is 0 Å². The van der Waals surface area contributed by atoms with Gasteiger partial charge in [-0.1, -0.05) is 0 Å². The van der Waals surface area contributed by atoms with Crippen molar-refractivity contribution in [3.05, 3.63) is 25.0 Å². The molecule has 0 spiro atoms. The summed E-state index contributed by atoms with van der Waals surface area (Å²) < 4.78 is 26.3. The molecule has 1 heterocycles. The highest BCUT2D eigenvalue weighted by atomic mass is 32.2. The molecule has 10 heavy (non-hydrogen) atoms. The first-order valence-electron chi connectivity index (χ1n) is 2.60. The van der Waals surface area contributed by atoms with Gasteiger partial charge in [0.2, 0.25) is 0 Å². The van der Waals surface area contributed by atoms with Crippen LogP contribution in [-0.4, -0.2) is 14.7 Å². The maximum absolute atomic E-state index is 10.8. The molecule has 0 atom stereocenters. The molecule has 1 rings (SSSR count). The lowest BCUT2D eigenvalue weighted by molar-refractivity contribution is 0.556. The number of rotatable bonds is 1. The summed E-state index contributed by atoms with van der Waals surface area (Å²) in [7, 11) is -3.15. The summed E-state index contributed by atoms with van der Waals surface area (Å²) >= 11 is 0.